The second kappa shape index (κ2) is 21.3. The average Bonchev–Trinajstić information content (AvgIpc) is 3.00. The Morgan fingerprint density at radius 2 is 1.00 bits per heavy atom. The summed E-state index contributed by atoms with van der Waals surface area (Å²) >= 11 is 0. The van der Waals surface area contributed by atoms with Crippen molar-refractivity contribution in [3.05, 3.63) is 35.9 Å². The second-order valence-electron chi connectivity index (χ2n) is 15.7. The van der Waals surface area contributed by atoms with Gasteiger partial charge in [0.2, 0.25) is 23.6 Å². The van der Waals surface area contributed by atoms with Crippen molar-refractivity contribution in [2.24, 2.45) is 23.7 Å². The van der Waals surface area contributed by atoms with Crippen LogP contribution in [-0.4, -0.2) is 78.6 Å². The Balaban J connectivity index is 3.21. The zero-order chi connectivity index (χ0) is 39.1. The highest BCUT2D eigenvalue weighted by Gasteiger charge is 2.35. The van der Waals surface area contributed by atoms with Gasteiger partial charge >= 0.3 is 12.1 Å². The fourth-order valence-electron chi connectivity index (χ4n) is 5.34. The first-order valence-electron chi connectivity index (χ1n) is 18.0. The summed E-state index contributed by atoms with van der Waals surface area (Å²) in [5.41, 5.74) is 0.0506. The van der Waals surface area contributed by atoms with E-state index in [0.29, 0.717) is 6.42 Å². The molecular formula is C38H63N5O8. The Labute approximate surface area is 304 Å². The van der Waals surface area contributed by atoms with Gasteiger partial charge in [-0.15, -0.1) is 0 Å². The highest BCUT2D eigenvalue weighted by molar-refractivity contribution is 5.96. The lowest BCUT2D eigenvalue weighted by Gasteiger charge is -2.30. The summed E-state index contributed by atoms with van der Waals surface area (Å²) in [4.78, 5) is 79.8. The van der Waals surface area contributed by atoms with Gasteiger partial charge in [0.05, 0.1) is 7.11 Å². The van der Waals surface area contributed by atoms with Gasteiger partial charge in [-0.1, -0.05) is 85.7 Å². The summed E-state index contributed by atoms with van der Waals surface area (Å²) in [7, 11) is 1.24. The van der Waals surface area contributed by atoms with Gasteiger partial charge in [-0.3, -0.25) is 19.2 Å². The number of nitrogens with one attached hydrogen (secondary N) is 5. The van der Waals surface area contributed by atoms with E-state index in [1.807, 2.05) is 71.9 Å². The molecule has 0 aliphatic rings. The first-order chi connectivity index (χ1) is 23.6. The molecular weight excluding hydrogens is 654 g/mol. The fraction of sp³-hybridized carbons (Fsp3) is 0.684. The summed E-state index contributed by atoms with van der Waals surface area (Å²) in [5, 5.41) is 13.7. The van der Waals surface area contributed by atoms with Crippen molar-refractivity contribution < 1.29 is 38.2 Å². The summed E-state index contributed by atoms with van der Waals surface area (Å²) < 4.78 is 10.3. The van der Waals surface area contributed by atoms with Gasteiger partial charge in [-0.05, 0) is 69.3 Å². The van der Waals surface area contributed by atoms with Crippen molar-refractivity contribution in [3.8, 4) is 0 Å². The van der Waals surface area contributed by atoms with Gasteiger partial charge in [-0.25, -0.2) is 9.59 Å². The smallest absolute Gasteiger partial charge is 0.408 e. The molecule has 5 atom stereocenters. The van der Waals surface area contributed by atoms with E-state index in [2.05, 4.69) is 26.6 Å². The molecule has 5 amide bonds. The monoisotopic (exact) mass is 717 g/mol. The second-order valence-corrected chi connectivity index (χ2v) is 15.7. The number of hydrogen-bond acceptors (Lipinski definition) is 8. The highest BCUT2D eigenvalue weighted by atomic mass is 16.6. The van der Waals surface area contributed by atoms with E-state index in [9.17, 15) is 28.8 Å². The third-order valence-electron chi connectivity index (χ3n) is 7.73. The Morgan fingerprint density at radius 3 is 1.41 bits per heavy atom. The van der Waals surface area contributed by atoms with Crippen LogP contribution in [0, 0.1) is 23.7 Å². The number of amides is 5. The molecule has 288 valence electrons. The minimum absolute atomic E-state index is 0.00227. The molecule has 0 unspecified atom stereocenters. The summed E-state index contributed by atoms with van der Waals surface area (Å²) in [6, 6.07) is 4.14. The number of carbonyl (C=O) groups is 6. The Morgan fingerprint density at radius 1 is 0.588 bits per heavy atom. The van der Waals surface area contributed by atoms with Crippen molar-refractivity contribution in [3.63, 3.8) is 0 Å². The largest absolute Gasteiger partial charge is 0.467 e. The molecule has 1 aromatic carbocycles. The molecule has 0 aliphatic carbocycles. The average molecular weight is 718 g/mol. The van der Waals surface area contributed by atoms with E-state index < -0.39 is 77.4 Å². The van der Waals surface area contributed by atoms with Crippen molar-refractivity contribution in [2.75, 3.05) is 7.11 Å². The number of ether oxygens (including phenoxy) is 2. The van der Waals surface area contributed by atoms with Gasteiger partial charge in [0.1, 0.15) is 35.8 Å². The van der Waals surface area contributed by atoms with E-state index in [1.54, 1.807) is 34.6 Å². The van der Waals surface area contributed by atoms with Crippen LogP contribution in [0.2, 0.25) is 0 Å². The normalized spacial score (nSPS) is 14.6. The van der Waals surface area contributed by atoms with Crippen LogP contribution in [0.25, 0.3) is 0 Å². The first-order valence-corrected chi connectivity index (χ1v) is 18.0. The number of benzene rings is 1. The lowest BCUT2D eigenvalue weighted by atomic mass is 9.97. The van der Waals surface area contributed by atoms with Gasteiger partial charge in [0.25, 0.3) is 0 Å². The summed E-state index contributed by atoms with van der Waals surface area (Å²) in [6.07, 6.45) is 0.283. The lowest BCUT2D eigenvalue weighted by molar-refractivity contribution is -0.145. The highest BCUT2D eigenvalue weighted by Crippen LogP contribution is 2.14. The quantitative estimate of drug-likeness (QED) is 0.133. The van der Waals surface area contributed by atoms with Crippen LogP contribution in [0.3, 0.4) is 0 Å². The molecule has 0 aliphatic heterocycles. The molecule has 0 saturated carbocycles. The molecule has 0 spiro atoms. The molecule has 1 aromatic rings. The Bertz CT molecular complexity index is 1290. The van der Waals surface area contributed by atoms with Crippen LogP contribution >= 0.6 is 0 Å². The molecule has 0 aromatic heterocycles. The van der Waals surface area contributed by atoms with Crippen LogP contribution in [0.1, 0.15) is 101 Å². The lowest BCUT2D eigenvalue weighted by Crippen LogP contribution is -2.60. The zero-order valence-electron chi connectivity index (χ0n) is 32.7. The zero-order valence-corrected chi connectivity index (χ0v) is 32.7. The Kier molecular flexibility index (Phi) is 18.7. The SMILES string of the molecule is COC(=O)[C@@H](Cc1ccccc1)NC(=O)[C@H](CC(C)C)NC(=O)[C@@H](NC(=O)[C@H](CC(C)C)NC(=O)[C@H](CC(C)C)NC(=O)OC(C)(C)C)C(C)C. The maximum atomic E-state index is 13.8. The van der Waals surface area contributed by atoms with Gasteiger partial charge in [0.15, 0.2) is 0 Å². The molecule has 0 heterocycles. The molecule has 13 nitrogen and oxygen atoms in total. The van der Waals surface area contributed by atoms with Crippen LogP contribution in [0.4, 0.5) is 4.79 Å². The topological polar surface area (TPSA) is 181 Å². The van der Waals surface area contributed by atoms with Crippen molar-refractivity contribution >= 4 is 35.7 Å². The molecule has 0 saturated heterocycles. The predicted octanol–water partition coefficient (Wildman–Crippen LogP) is 4.03. The van der Waals surface area contributed by atoms with Gasteiger partial charge in [-0.2, -0.15) is 0 Å². The molecule has 1 rings (SSSR count). The number of carbonyl (C=O) groups excluding carboxylic acids is 6. The van der Waals surface area contributed by atoms with Crippen LogP contribution < -0.4 is 26.6 Å². The van der Waals surface area contributed by atoms with E-state index in [0.717, 1.165) is 5.56 Å². The maximum Gasteiger partial charge on any atom is 0.408 e. The fourth-order valence-corrected chi connectivity index (χ4v) is 5.34. The summed E-state index contributed by atoms with van der Waals surface area (Å²) in [5.74, 6) is -3.26. The number of alkyl carbamates (subject to hydrolysis) is 1. The predicted molar refractivity (Wildman–Crippen MR) is 196 cm³/mol. The van der Waals surface area contributed by atoms with E-state index in [-0.39, 0.29) is 37.0 Å². The van der Waals surface area contributed by atoms with E-state index in [1.165, 1.54) is 7.11 Å². The standard InChI is InChI=1S/C38H63N5O8/c1-22(2)18-27(32(44)41-30(36(48)50-12)21-26-16-14-13-15-17-26)40-35(47)31(25(7)8)43-34(46)28(19-23(3)4)39-33(45)29(20-24(5)6)42-37(49)51-38(9,10)11/h13-17,22-25,27-31H,18-21H2,1-12H3,(H,39,45)(H,40,47)(H,41,44)(H,42,49)(H,43,46)/t27-,28-,29-,30+,31-/m0/s1. The van der Waals surface area contributed by atoms with E-state index in [4.69, 9.17) is 9.47 Å². The third-order valence-corrected chi connectivity index (χ3v) is 7.73. The molecule has 13 heteroatoms. The van der Waals surface area contributed by atoms with Gasteiger partial charge in [0, 0.05) is 6.42 Å². The van der Waals surface area contributed by atoms with Crippen LogP contribution in [0.5, 0.6) is 0 Å². The first kappa shape index (κ1) is 44.9. The van der Waals surface area contributed by atoms with Crippen molar-refractivity contribution in [1.29, 1.82) is 0 Å². The molecule has 51 heavy (non-hydrogen) atoms. The number of esters is 1. The minimum Gasteiger partial charge on any atom is -0.467 e. The van der Waals surface area contributed by atoms with E-state index >= 15 is 0 Å². The Hall–Kier alpha value is -4.16. The number of methoxy groups -OCH3 is 1. The molecule has 5 N–H and O–H groups in total. The number of hydrogen-bond donors (Lipinski definition) is 5. The van der Waals surface area contributed by atoms with Crippen molar-refractivity contribution in [2.45, 2.75) is 138 Å². The molecule has 0 fully saturated rings. The van der Waals surface area contributed by atoms with Gasteiger partial charge < -0.3 is 36.1 Å². The van der Waals surface area contributed by atoms with Crippen molar-refractivity contribution in [1.82, 2.24) is 26.6 Å². The number of rotatable bonds is 19. The molecule has 0 bridgehead atoms. The third kappa shape index (κ3) is 17.6. The maximum absolute atomic E-state index is 13.8. The minimum atomic E-state index is -1.06. The van der Waals surface area contributed by atoms with Crippen LogP contribution in [-0.2, 0) is 39.9 Å². The molecule has 0 radical (unpaired) electrons. The van der Waals surface area contributed by atoms with Crippen LogP contribution in [0.15, 0.2) is 30.3 Å². The summed E-state index contributed by atoms with van der Waals surface area (Å²) in [6.45, 7) is 20.1.